The Kier molecular flexibility index (Phi) is 3.96. The normalized spacial score (nSPS) is 14.2. The molecule has 128 valence electrons. The van der Waals surface area contributed by atoms with Gasteiger partial charge in [-0.05, 0) is 57.3 Å². The highest BCUT2D eigenvalue weighted by molar-refractivity contribution is 9.10. The molecular formula is C15H13BrN6O3. The molecule has 1 aliphatic heterocycles. The van der Waals surface area contributed by atoms with Gasteiger partial charge in [0.1, 0.15) is 11.5 Å². The van der Waals surface area contributed by atoms with Crippen molar-refractivity contribution < 1.29 is 9.55 Å². The molecule has 3 aromatic rings. The molecule has 1 N–H and O–H groups in total. The number of pyridine rings is 1. The minimum atomic E-state index is -0.429. The molecule has 1 aliphatic rings. The molecule has 0 amide bonds. The Morgan fingerprint density at radius 3 is 2.68 bits per heavy atom. The van der Waals surface area contributed by atoms with E-state index < -0.39 is 4.92 Å². The van der Waals surface area contributed by atoms with Crippen LogP contribution in [0.4, 0.5) is 22.9 Å². The Labute approximate surface area is 150 Å². The number of nitrogens with one attached hydrogen (secondary N) is 1. The van der Waals surface area contributed by atoms with Crippen molar-refractivity contribution in [3.8, 4) is 0 Å². The zero-order chi connectivity index (χ0) is 17.4. The standard InChI is InChI=1S/C15H13BrN6O3/c16-9-3-4-12(17-8-9)18-10-7-11(21-5-1-2-6-21)15(22(23)24)14-13(10)19-25-20-14/h3-4,7-8H,1-2,5-6H2,(H,17,18). The molecule has 0 bridgehead atoms. The monoisotopic (exact) mass is 404 g/mol. The van der Waals surface area contributed by atoms with Crippen molar-refractivity contribution in [1.82, 2.24) is 15.3 Å². The summed E-state index contributed by atoms with van der Waals surface area (Å²) >= 11 is 3.34. The van der Waals surface area contributed by atoms with E-state index in [-0.39, 0.29) is 11.2 Å². The van der Waals surface area contributed by atoms with Crippen LogP contribution < -0.4 is 10.2 Å². The van der Waals surface area contributed by atoms with E-state index in [0.29, 0.717) is 22.7 Å². The van der Waals surface area contributed by atoms with Crippen LogP contribution in [-0.4, -0.2) is 33.3 Å². The van der Waals surface area contributed by atoms with Crippen LogP contribution >= 0.6 is 15.9 Å². The number of nitrogens with zero attached hydrogens (tertiary/aromatic N) is 5. The Balaban J connectivity index is 1.86. The lowest BCUT2D eigenvalue weighted by Gasteiger charge is -2.18. The number of halogens is 1. The molecule has 1 aromatic carbocycles. The predicted octanol–water partition coefficient (Wildman–Crippen LogP) is 3.63. The minimum absolute atomic E-state index is 0.0764. The third-order valence-corrected chi connectivity index (χ3v) is 4.58. The number of anilines is 3. The lowest BCUT2D eigenvalue weighted by atomic mass is 10.1. The average Bonchev–Trinajstić information content (AvgIpc) is 3.27. The van der Waals surface area contributed by atoms with E-state index in [0.717, 1.165) is 30.4 Å². The van der Waals surface area contributed by atoms with Crippen molar-refractivity contribution in [3.63, 3.8) is 0 Å². The Morgan fingerprint density at radius 2 is 2.00 bits per heavy atom. The highest BCUT2D eigenvalue weighted by Crippen LogP contribution is 2.40. The Morgan fingerprint density at radius 1 is 1.24 bits per heavy atom. The van der Waals surface area contributed by atoms with Crippen molar-refractivity contribution >= 4 is 49.8 Å². The first-order valence-electron chi connectivity index (χ1n) is 7.70. The largest absolute Gasteiger partial charge is 0.366 e. The summed E-state index contributed by atoms with van der Waals surface area (Å²) in [4.78, 5) is 17.5. The van der Waals surface area contributed by atoms with E-state index in [1.807, 2.05) is 11.0 Å². The van der Waals surface area contributed by atoms with Gasteiger partial charge in [0, 0.05) is 23.8 Å². The quantitative estimate of drug-likeness (QED) is 0.518. The SMILES string of the molecule is O=[N+]([O-])c1c(N2CCCC2)cc(Nc2ccc(Br)cn2)c2nonc12. The molecule has 25 heavy (non-hydrogen) atoms. The van der Waals surface area contributed by atoms with Crippen molar-refractivity contribution in [2.45, 2.75) is 12.8 Å². The molecule has 0 spiro atoms. The van der Waals surface area contributed by atoms with Gasteiger partial charge in [0.25, 0.3) is 0 Å². The van der Waals surface area contributed by atoms with Crippen LogP contribution in [0.1, 0.15) is 12.8 Å². The average molecular weight is 405 g/mol. The zero-order valence-electron chi connectivity index (χ0n) is 13.0. The molecule has 10 heteroatoms. The summed E-state index contributed by atoms with van der Waals surface area (Å²) in [5.41, 5.74) is 1.45. The maximum Gasteiger partial charge on any atom is 0.323 e. The summed E-state index contributed by atoms with van der Waals surface area (Å²) in [6.45, 7) is 1.54. The van der Waals surface area contributed by atoms with Crippen LogP contribution in [0.5, 0.6) is 0 Å². The van der Waals surface area contributed by atoms with Crippen molar-refractivity contribution in [2.75, 3.05) is 23.3 Å². The summed E-state index contributed by atoms with van der Waals surface area (Å²) in [6.07, 6.45) is 3.67. The third-order valence-electron chi connectivity index (χ3n) is 4.11. The van der Waals surface area contributed by atoms with E-state index in [1.165, 1.54) is 0 Å². The van der Waals surface area contributed by atoms with Crippen LogP contribution in [0, 0.1) is 10.1 Å². The van der Waals surface area contributed by atoms with E-state index in [9.17, 15) is 10.1 Å². The maximum atomic E-state index is 11.6. The van der Waals surface area contributed by atoms with Gasteiger partial charge < -0.3 is 10.2 Å². The van der Waals surface area contributed by atoms with Gasteiger partial charge in [0.05, 0.1) is 10.6 Å². The third kappa shape index (κ3) is 2.88. The van der Waals surface area contributed by atoms with Crippen LogP contribution in [0.2, 0.25) is 0 Å². The van der Waals surface area contributed by atoms with Gasteiger partial charge in [0.2, 0.25) is 5.52 Å². The molecule has 1 fully saturated rings. The zero-order valence-corrected chi connectivity index (χ0v) is 14.6. The fourth-order valence-electron chi connectivity index (χ4n) is 2.98. The molecule has 0 saturated carbocycles. The molecule has 0 atom stereocenters. The van der Waals surface area contributed by atoms with Gasteiger partial charge in [0.15, 0.2) is 5.52 Å². The van der Waals surface area contributed by atoms with Crippen molar-refractivity contribution in [3.05, 3.63) is 39.0 Å². The fourth-order valence-corrected chi connectivity index (χ4v) is 3.21. The molecule has 0 aliphatic carbocycles. The van der Waals surface area contributed by atoms with Gasteiger partial charge in [-0.25, -0.2) is 9.61 Å². The smallest absolute Gasteiger partial charge is 0.323 e. The topological polar surface area (TPSA) is 110 Å². The summed E-state index contributed by atoms with van der Waals surface area (Å²) in [7, 11) is 0. The van der Waals surface area contributed by atoms with Crippen LogP contribution in [0.25, 0.3) is 11.0 Å². The summed E-state index contributed by atoms with van der Waals surface area (Å²) < 4.78 is 5.63. The molecule has 2 aromatic heterocycles. The molecule has 1 saturated heterocycles. The number of rotatable bonds is 4. The number of hydrogen-bond donors (Lipinski definition) is 1. The van der Waals surface area contributed by atoms with Gasteiger partial charge >= 0.3 is 5.69 Å². The van der Waals surface area contributed by atoms with E-state index in [1.54, 1.807) is 18.3 Å². The van der Waals surface area contributed by atoms with E-state index >= 15 is 0 Å². The molecule has 4 rings (SSSR count). The number of fused-ring (bicyclic) bond motifs is 1. The first-order valence-corrected chi connectivity index (χ1v) is 8.50. The first-order chi connectivity index (χ1) is 12.1. The molecule has 0 radical (unpaired) electrons. The predicted molar refractivity (Wildman–Crippen MR) is 95.1 cm³/mol. The van der Waals surface area contributed by atoms with Gasteiger partial charge in [-0.15, -0.1) is 0 Å². The number of benzene rings is 1. The second-order valence-corrected chi connectivity index (χ2v) is 6.61. The Hall–Kier alpha value is -2.75. The van der Waals surface area contributed by atoms with E-state index in [2.05, 4.69) is 36.5 Å². The number of hydrogen-bond acceptors (Lipinski definition) is 8. The maximum absolute atomic E-state index is 11.6. The lowest BCUT2D eigenvalue weighted by Crippen LogP contribution is -2.19. The van der Waals surface area contributed by atoms with Crippen molar-refractivity contribution in [2.24, 2.45) is 0 Å². The van der Waals surface area contributed by atoms with Gasteiger partial charge in [-0.1, -0.05) is 0 Å². The fraction of sp³-hybridized carbons (Fsp3) is 0.267. The highest BCUT2D eigenvalue weighted by atomic mass is 79.9. The second-order valence-electron chi connectivity index (χ2n) is 5.69. The number of nitro groups is 1. The minimum Gasteiger partial charge on any atom is -0.366 e. The number of nitro benzene ring substituents is 1. The van der Waals surface area contributed by atoms with Crippen LogP contribution in [0.15, 0.2) is 33.5 Å². The molecular weight excluding hydrogens is 392 g/mol. The molecule has 0 unspecified atom stereocenters. The highest BCUT2D eigenvalue weighted by Gasteiger charge is 2.30. The summed E-state index contributed by atoms with van der Waals surface area (Å²) in [5, 5.41) is 22.4. The van der Waals surface area contributed by atoms with E-state index in [4.69, 9.17) is 4.63 Å². The van der Waals surface area contributed by atoms with Crippen LogP contribution in [0.3, 0.4) is 0 Å². The molecule has 9 nitrogen and oxygen atoms in total. The van der Waals surface area contributed by atoms with Crippen molar-refractivity contribution in [1.29, 1.82) is 0 Å². The lowest BCUT2D eigenvalue weighted by molar-refractivity contribution is -0.382. The number of aromatic nitrogens is 3. The molecule has 3 heterocycles. The first kappa shape index (κ1) is 15.8. The van der Waals surface area contributed by atoms with Gasteiger partial charge in [-0.3, -0.25) is 10.1 Å². The second kappa shape index (κ2) is 6.28. The summed E-state index contributed by atoms with van der Waals surface area (Å²) in [6, 6.07) is 5.36. The Bertz CT molecular complexity index is 936. The van der Waals surface area contributed by atoms with Gasteiger partial charge in [-0.2, -0.15) is 0 Å². The summed E-state index contributed by atoms with van der Waals surface area (Å²) in [5.74, 6) is 0.591. The van der Waals surface area contributed by atoms with Crippen LogP contribution in [-0.2, 0) is 0 Å².